The van der Waals surface area contributed by atoms with Crippen molar-refractivity contribution in [1.82, 2.24) is 10.2 Å². The molecule has 2 heterocycles. The van der Waals surface area contributed by atoms with E-state index in [1.54, 1.807) is 6.08 Å². The number of halogens is 5. The van der Waals surface area contributed by atoms with Crippen LogP contribution in [0.1, 0.15) is 56.6 Å². The molecule has 0 bridgehead atoms. The molecular formula is C30H35F5N2O4. The number of carbonyl (C=O) groups excluding carboxylic acids is 1. The third-order valence-corrected chi connectivity index (χ3v) is 9.29. The van der Waals surface area contributed by atoms with Gasteiger partial charge in [-0.05, 0) is 98.6 Å². The van der Waals surface area contributed by atoms with Crippen molar-refractivity contribution in [3.63, 3.8) is 0 Å². The number of amides is 1. The van der Waals surface area contributed by atoms with Crippen molar-refractivity contribution in [3.05, 3.63) is 58.7 Å². The van der Waals surface area contributed by atoms with E-state index in [4.69, 9.17) is 4.74 Å². The van der Waals surface area contributed by atoms with Gasteiger partial charge in [0.15, 0.2) is 0 Å². The van der Waals surface area contributed by atoms with Crippen molar-refractivity contribution in [2.24, 2.45) is 23.7 Å². The van der Waals surface area contributed by atoms with E-state index in [1.807, 2.05) is 0 Å². The largest absolute Gasteiger partial charge is 0.478 e. The van der Waals surface area contributed by atoms with Crippen LogP contribution in [0.5, 0.6) is 0 Å². The van der Waals surface area contributed by atoms with Gasteiger partial charge in [-0.1, -0.05) is 13.0 Å². The number of hydrogen-bond acceptors (Lipinski definition) is 4. The summed E-state index contributed by atoms with van der Waals surface area (Å²) in [5.41, 5.74) is -2.28. The van der Waals surface area contributed by atoms with Gasteiger partial charge in [-0.25, -0.2) is 13.6 Å². The van der Waals surface area contributed by atoms with Gasteiger partial charge < -0.3 is 15.2 Å². The Balaban J connectivity index is 1.17. The highest BCUT2D eigenvalue weighted by Crippen LogP contribution is 2.48. The summed E-state index contributed by atoms with van der Waals surface area (Å²) in [6.07, 6.45) is 2.27. The molecule has 1 unspecified atom stereocenters. The van der Waals surface area contributed by atoms with Crippen LogP contribution in [0, 0.1) is 29.5 Å². The zero-order valence-corrected chi connectivity index (χ0v) is 22.9. The number of hydrogen-bond donors (Lipinski definition) is 2. The van der Waals surface area contributed by atoms with Crippen LogP contribution < -0.4 is 5.32 Å². The van der Waals surface area contributed by atoms with Gasteiger partial charge >= 0.3 is 12.1 Å². The Hall–Kier alpha value is -2.79. The second-order valence-electron chi connectivity index (χ2n) is 12.0. The summed E-state index contributed by atoms with van der Waals surface area (Å²) in [7, 11) is 0. The van der Waals surface area contributed by atoms with Gasteiger partial charge in [-0.15, -0.1) is 0 Å². The Labute approximate surface area is 235 Å². The van der Waals surface area contributed by atoms with Gasteiger partial charge in [0.05, 0.1) is 17.7 Å². The fraction of sp³-hybridized carbons (Fsp3) is 0.600. The number of nitrogens with zero attached hydrogens (tertiary/aromatic N) is 1. The van der Waals surface area contributed by atoms with Crippen molar-refractivity contribution in [2.45, 2.75) is 69.8 Å². The molecule has 41 heavy (non-hydrogen) atoms. The highest BCUT2D eigenvalue weighted by Gasteiger charge is 2.54. The molecule has 5 atom stereocenters. The number of benzene rings is 1. The van der Waals surface area contributed by atoms with Crippen molar-refractivity contribution in [3.8, 4) is 0 Å². The second kappa shape index (κ2) is 11.5. The van der Waals surface area contributed by atoms with Crippen molar-refractivity contribution in [1.29, 1.82) is 0 Å². The van der Waals surface area contributed by atoms with Crippen LogP contribution in [0.2, 0.25) is 0 Å². The van der Waals surface area contributed by atoms with E-state index in [9.17, 15) is 36.6 Å². The van der Waals surface area contributed by atoms with Gasteiger partial charge in [-0.3, -0.25) is 9.69 Å². The first-order chi connectivity index (χ1) is 19.4. The molecule has 0 spiro atoms. The molecule has 0 radical (unpaired) electrons. The Kier molecular flexibility index (Phi) is 8.31. The maximum atomic E-state index is 13.9. The van der Waals surface area contributed by atoms with E-state index < -0.39 is 35.0 Å². The molecule has 0 aromatic heterocycles. The number of carboxylic acids is 1. The average Bonchev–Trinajstić information content (AvgIpc) is 3.77. The van der Waals surface area contributed by atoms with Crippen LogP contribution >= 0.6 is 0 Å². The molecule has 1 amide bonds. The van der Waals surface area contributed by atoms with Gasteiger partial charge in [0.1, 0.15) is 17.2 Å². The van der Waals surface area contributed by atoms with E-state index in [2.05, 4.69) is 17.1 Å². The molecule has 5 rings (SSSR count). The molecule has 6 nitrogen and oxygen atoms in total. The van der Waals surface area contributed by atoms with Crippen LogP contribution in [-0.2, 0) is 27.0 Å². The van der Waals surface area contributed by atoms with Gasteiger partial charge in [0, 0.05) is 19.1 Å². The number of ether oxygens (including phenoxy) is 1. The number of carbonyl (C=O) groups is 2. The van der Waals surface area contributed by atoms with E-state index in [-0.39, 0.29) is 59.7 Å². The van der Waals surface area contributed by atoms with Crippen molar-refractivity contribution >= 4 is 11.9 Å². The highest BCUT2D eigenvalue weighted by atomic mass is 19.4. The molecule has 224 valence electrons. The van der Waals surface area contributed by atoms with E-state index in [0.717, 1.165) is 50.9 Å². The third kappa shape index (κ3) is 6.35. The van der Waals surface area contributed by atoms with E-state index in [1.165, 1.54) is 6.08 Å². The highest BCUT2D eigenvalue weighted by molar-refractivity contribution is 5.88. The summed E-state index contributed by atoms with van der Waals surface area (Å²) < 4.78 is 73.3. The molecule has 2 aliphatic heterocycles. The van der Waals surface area contributed by atoms with E-state index >= 15 is 0 Å². The number of allylic oxidation sites excluding steroid dienone is 3. The van der Waals surface area contributed by atoms with Crippen molar-refractivity contribution in [2.75, 3.05) is 19.7 Å². The number of alkyl halides is 3. The summed E-state index contributed by atoms with van der Waals surface area (Å²) in [4.78, 5) is 27.1. The lowest BCUT2D eigenvalue weighted by molar-refractivity contribution is -0.166. The molecule has 1 aromatic carbocycles. The molecule has 2 aliphatic carbocycles. The Morgan fingerprint density at radius 1 is 1.15 bits per heavy atom. The summed E-state index contributed by atoms with van der Waals surface area (Å²) >= 11 is 0. The summed E-state index contributed by atoms with van der Waals surface area (Å²) in [5.74, 6) is -2.79. The number of rotatable bonds is 7. The second-order valence-corrected chi connectivity index (χ2v) is 12.0. The quantitative estimate of drug-likeness (QED) is 0.408. The van der Waals surface area contributed by atoms with Gasteiger partial charge in [0.25, 0.3) is 5.91 Å². The lowest BCUT2D eigenvalue weighted by Gasteiger charge is -2.47. The minimum atomic E-state index is -4.69. The summed E-state index contributed by atoms with van der Waals surface area (Å²) in [6.45, 7) is 3.80. The predicted octanol–water partition coefficient (Wildman–Crippen LogP) is 5.63. The number of nitrogens with one attached hydrogen (secondary N) is 1. The summed E-state index contributed by atoms with van der Waals surface area (Å²) in [6, 6.07) is 2.36. The maximum Gasteiger partial charge on any atom is 0.416 e. The average molecular weight is 583 g/mol. The molecule has 3 fully saturated rings. The number of piperidine rings is 1. The predicted molar refractivity (Wildman–Crippen MR) is 140 cm³/mol. The van der Waals surface area contributed by atoms with Gasteiger partial charge in [-0.2, -0.15) is 13.2 Å². The Morgan fingerprint density at radius 2 is 1.90 bits per heavy atom. The number of aliphatic carboxylic acids is 1. The zero-order valence-electron chi connectivity index (χ0n) is 22.9. The fourth-order valence-corrected chi connectivity index (χ4v) is 6.91. The topological polar surface area (TPSA) is 78.9 Å². The minimum absolute atomic E-state index is 0.0307. The molecule has 2 saturated heterocycles. The van der Waals surface area contributed by atoms with Gasteiger partial charge in [0.2, 0.25) is 0 Å². The number of likely N-dealkylation sites (tertiary alicyclic amines) is 1. The molecule has 4 aliphatic rings. The Morgan fingerprint density at radius 3 is 2.51 bits per heavy atom. The molecule has 1 saturated carbocycles. The van der Waals surface area contributed by atoms with E-state index in [0.29, 0.717) is 19.1 Å². The first-order valence-electron chi connectivity index (χ1n) is 14.2. The third-order valence-electron chi connectivity index (χ3n) is 9.29. The van der Waals surface area contributed by atoms with Crippen molar-refractivity contribution < 1.29 is 41.4 Å². The molecule has 2 N–H and O–H groups in total. The normalized spacial score (nSPS) is 31.3. The summed E-state index contributed by atoms with van der Waals surface area (Å²) in [5, 5.41) is 12.0. The minimum Gasteiger partial charge on any atom is -0.478 e. The monoisotopic (exact) mass is 582 g/mol. The first kappa shape index (κ1) is 29.7. The Bertz CT molecular complexity index is 1230. The molecule has 1 aromatic rings. The lowest BCUT2D eigenvalue weighted by Crippen LogP contribution is -2.58. The standard InChI is InChI=1S/C30H35F5N2O4/c1-17-15-37(9-7-24(17)19-2-5-26(32)25(12-19)27(38)39)23-6-8-29(41-16-23,20-3-4-20)28(40)36-14-18-10-21(30(33,34)35)13-22(31)11-18/h2,5,10-11,13,17,19-20,23-24H,3-4,6-9,12,14-16H2,1H3,(H,36,40)(H,38,39)/t17-,19?,23-,24-,29+/m1/s1. The van der Waals surface area contributed by atoms with Crippen LogP contribution in [0.4, 0.5) is 22.0 Å². The van der Waals surface area contributed by atoms with Crippen LogP contribution in [0.25, 0.3) is 0 Å². The van der Waals surface area contributed by atoms with Crippen LogP contribution in [0.15, 0.2) is 41.8 Å². The lowest BCUT2D eigenvalue weighted by atomic mass is 9.73. The maximum absolute atomic E-state index is 13.9. The van der Waals surface area contributed by atoms with Crippen LogP contribution in [0.3, 0.4) is 0 Å². The smallest absolute Gasteiger partial charge is 0.416 e. The number of carboxylic acid groups (broad SMARTS) is 1. The van der Waals surface area contributed by atoms with Crippen LogP contribution in [-0.4, -0.2) is 53.2 Å². The molecular weight excluding hydrogens is 547 g/mol. The molecule has 11 heteroatoms. The zero-order chi connectivity index (χ0) is 29.5. The fourth-order valence-electron chi connectivity index (χ4n) is 6.91. The first-order valence-corrected chi connectivity index (χ1v) is 14.2. The SMILES string of the molecule is C[C@@H]1CN([C@@H]2CC[C@@](C(=O)NCc3cc(F)cc(C(F)(F)F)c3)(C3CC3)OC2)CC[C@H]1C1C=CC(F)=C(C(=O)O)C1.